The zero-order valence-electron chi connectivity index (χ0n) is 7.65. The highest BCUT2D eigenvalue weighted by Crippen LogP contribution is 2.18. The summed E-state index contributed by atoms with van der Waals surface area (Å²) >= 11 is 5.26. The Bertz CT molecular complexity index is 344. The molecule has 0 spiro atoms. The largest absolute Gasteiger partial charge is 0.465 e. The second kappa shape index (κ2) is 5.17. The van der Waals surface area contributed by atoms with Gasteiger partial charge in [0, 0.05) is 17.1 Å². The van der Waals surface area contributed by atoms with E-state index < -0.39 is 5.97 Å². The third-order valence-corrected chi connectivity index (χ3v) is 2.96. The van der Waals surface area contributed by atoms with Crippen LogP contribution in [-0.4, -0.2) is 24.6 Å². The molecule has 76 valence electrons. The van der Waals surface area contributed by atoms with Crippen LogP contribution in [0.2, 0.25) is 0 Å². The van der Waals surface area contributed by atoms with Gasteiger partial charge in [0.15, 0.2) is 0 Å². The van der Waals surface area contributed by atoms with Crippen LogP contribution < -0.4 is 0 Å². The van der Waals surface area contributed by atoms with E-state index in [0.29, 0.717) is 5.56 Å². The van der Waals surface area contributed by atoms with Gasteiger partial charge in [-0.1, -0.05) is 0 Å². The molecule has 1 heterocycles. The Morgan fingerprint density at radius 1 is 1.57 bits per heavy atom. The molecule has 0 N–H and O–H groups in total. The van der Waals surface area contributed by atoms with Crippen molar-refractivity contribution in [1.29, 1.82) is 0 Å². The van der Waals surface area contributed by atoms with Crippen molar-refractivity contribution in [3.05, 3.63) is 21.9 Å². The van der Waals surface area contributed by atoms with Crippen molar-refractivity contribution in [3.8, 4) is 0 Å². The Morgan fingerprint density at radius 2 is 2.29 bits per heavy atom. The third kappa shape index (κ3) is 2.59. The van der Waals surface area contributed by atoms with Gasteiger partial charge in [-0.25, -0.2) is 4.79 Å². The summed E-state index contributed by atoms with van der Waals surface area (Å²) in [4.78, 5) is 23.1. The molecule has 0 aliphatic carbocycles. The molecule has 0 radical (unpaired) electrons. The van der Waals surface area contributed by atoms with Gasteiger partial charge in [0.2, 0.25) is 0 Å². The first kappa shape index (κ1) is 11.3. The van der Waals surface area contributed by atoms with Crippen LogP contribution >= 0.6 is 24.0 Å². The molecule has 14 heavy (non-hydrogen) atoms. The first-order valence-corrected chi connectivity index (χ1v) is 5.47. The highest BCUT2D eigenvalue weighted by molar-refractivity contribution is 7.81. The second-order valence-corrected chi connectivity index (χ2v) is 3.94. The average Bonchev–Trinajstić information content (AvgIpc) is 2.64. The van der Waals surface area contributed by atoms with Crippen LogP contribution in [0.4, 0.5) is 0 Å². The predicted molar refractivity (Wildman–Crippen MR) is 58.2 cm³/mol. The normalized spacial score (nSPS) is 9.86. The van der Waals surface area contributed by atoms with E-state index >= 15 is 0 Å². The van der Waals surface area contributed by atoms with Crippen LogP contribution in [0.3, 0.4) is 0 Å². The summed E-state index contributed by atoms with van der Waals surface area (Å²) in [5, 5.41) is 1.77. The number of hydrogen-bond acceptors (Lipinski definition) is 5. The molecule has 0 saturated heterocycles. The smallest absolute Gasteiger partial charge is 0.338 e. The minimum Gasteiger partial charge on any atom is -0.465 e. The molecular weight excluding hydrogens is 220 g/mol. The standard InChI is InChI=1S/C9H10O3S2/c1-12-9(11)7-2-3-14-8(7)4-6(10)5-13/h2-3,13H,4-5H2,1H3. The summed E-state index contributed by atoms with van der Waals surface area (Å²) in [6.07, 6.45) is 0.256. The number of ether oxygens (including phenoxy) is 1. The molecule has 0 bridgehead atoms. The van der Waals surface area contributed by atoms with Crippen LogP contribution in [-0.2, 0) is 16.0 Å². The minimum atomic E-state index is -0.395. The van der Waals surface area contributed by atoms with Crippen molar-refractivity contribution in [2.75, 3.05) is 12.9 Å². The first-order chi connectivity index (χ1) is 6.69. The third-order valence-electron chi connectivity index (χ3n) is 1.68. The quantitative estimate of drug-likeness (QED) is 0.631. The molecule has 1 aromatic rings. The van der Waals surface area contributed by atoms with Crippen LogP contribution in [0.15, 0.2) is 11.4 Å². The van der Waals surface area contributed by atoms with Crippen molar-refractivity contribution in [1.82, 2.24) is 0 Å². The molecule has 0 saturated carbocycles. The maximum Gasteiger partial charge on any atom is 0.338 e. The predicted octanol–water partition coefficient (Wildman–Crippen LogP) is 1.58. The number of ketones is 1. The number of rotatable bonds is 4. The van der Waals surface area contributed by atoms with Gasteiger partial charge in [0.25, 0.3) is 0 Å². The molecule has 0 aromatic carbocycles. The number of methoxy groups -OCH3 is 1. The van der Waals surface area contributed by atoms with Gasteiger partial charge >= 0.3 is 5.97 Å². The maximum absolute atomic E-state index is 11.2. The summed E-state index contributed by atoms with van der Waals surface area (Å²) < 4.78 is 4.59. The SMILES string of the molecule is COC(=O)c1ccsc1CC(=O)CS. The molecule has 0 atom stereocenters. The van der Waals surface area contributed by atoms with E-state index in [1.807, 2.05) is 0 Å². The van der Waals surface area contributed by atoms with Crippen molar-refractivity contribution < 1.29 is 14.3 Å². The Hall–Kier alpha value is -0.810. The van der Waals surface area contributed by atoms with Gasteiger partial charge in [-0.15, -0.1) is 11.3 Å². The minimum absolute atomic E-state index is 0.000867. The fourth-order valence-electron chi connectivity index (χ4n) is 1.00. The number of thiophene rings is 1. The molecule has 5 heteroatoms. The topological polar surface area (TPSA) is 43.4 Å². The first-order valence-electron chi connectivity index (χ1n) is 3.96. The van der Waals surface area contributed by atoms with E-state index in [9.17, 15) is 9.59 Å². The van der Waals surface area contributed by atoms with Crippen molar-refractivity contribution in [2.24, 2.45) is 0 Å². The Kier molecular flexibility index (Phi) is 4.16. The molecule has 0 fully saturated rings. The zero-order valence-corrected chi connectivity index (χ0v) is 9.36. The summed E-state index contributed by atoms with van der Waals surface area (Å²) in [5.74, 6) is -0.201. The lowest BCUT2D eigenvalue weighted by molar-refractivity contribution is -0.115. The highest BCUT2D eigenvalue weighted by Gasteiger charge is 2.14. The van der Waals surface area contributed by atoms with Gasteiger partial charge < -0.3 is 4.74 Å². The summed E-state index contributed by atoms with van der Waals surface area (Å²) in [7, 11) is 1.32. The monoisotopic (exact) mass is 230 g/mol. The zero-order chi connectivity index (χ0) is 10.6. The number of thiol groups is 1. The maximum atomic E-state index is 11.2. The lowest BCUT2D eigenvalue weighted by atomic mass is 10.2. The fourth-order valence-corrected chi connectivity index (χ4v) is 2.01. The van der Waals surface area contributed by atoms with Gasteiger partial charge in [0.1, 0.15) is 5.78 Å². The molecule has 1 rings (SSSR count). The Morgan fingerprint density at radius 3 is 2.86 bits per heavy atom. The number of carbonyl (C=O) groups excluding carboxylic acids is 2. The van der Waals surface area contributed by atoms with E-state index in [4.69, 9.17) is 0 Å². The molecule has 0 aliphatic rings. The average molecular weight is 230 g/mol. The summed E-state index contributed by atoms with van der Waals surface area (Å²) in [6, 6.07) is 1.66. The van der Waals surface area contributed by atoms with Crippen LogP contribution in [0, 0.1) is 0 Å². The number of Topliss-reactive ketones (excluding diaryl/α,β-unsaturated/α-hetero) is 1. The number of hydrogen-bond donors (Lipinski definition) is 1. The lowest BCUT2D eigenvalue weighted by Crippen LogP contribution is -2.08. The Balaban J connectivity index is 2.82. The number of carbonyl (C=O) groups is 2. The van der Waals surface area contributed by atoms with Gasteiger partial charge in [-0.3, -0.25) is 4.79 Å². The van der Waals surface area contributed by atoms with E-state index in [0.717, 1.165) is 4.88 Å². The van der Waals surface area contributed by atoms with E-state index in [-0.39, 0.29) is 18.0 Å². The molecular formula is C9H10O3S2. The Labute approximate surface area is 91.5 Å². The second-order valence-electron chi connectivity index (χ2n) is 2.62. The van der Waals surface area contributed by atoms with Gasteiger partial charge in [0.05, 0.1) is 12.7 Å². The van der Waals surface area contributed by atoms with E-state index in [1.165, 1.54) is 18.4 Å². The fraction of sp³-hybridized carbons (Fsp3) is 0.333. The molecule has 0 unspecified atom stereocenters. The van der Waals surface area contributed by atoms with Crippen LogP contribution in [0.1, 0.15) is 15.2 Å². The van der Waals surface area contributed by atoms with E-state index in [2.05, 4.69) is 17.4 Å². The lowest BCUT2D eigenvalue weighted by Gasteiger charge is -1.99. The van der Waals surface area contributed by atoms with Crippen LogP contribution in [0.25, 0.3) is 0 Å². The molecule has 3 nitrogen and oxygen atoms in total. The molecule has 0 aliphatic heterocycles. The van der Waals surface area contributed by atoms with Crippen LogP contribution in [0.5, 0.6) is 0 Å². The number of esters is 1. The van der Waals surface area contributed by atoms with E-state index in [1.54, 1.807) is 11.4 Å². The summed E-state index contributed by atoms with van der Waals surface area (Å²) in [6.45, 7) is 0. The van der Waals surface area contributed by atoms with Gasteiger partial charge in [-0.05, 0) is 11.4 Å². The molecule has 1 aromatic heterocycles. The van der Waals surface area contributed by atoms with Gasteiger partial charge in [-0.2, -0.15) is 12.6 Å². The van der Waals surface area contributed by atoms with Crippen molar-refractivity contribution in [3.63, 3.8) is 0 Å². The highest BCUT2D eigenvalue weighted by atomic mass is 32.1. The van der Waals surface area contributed by atoms with Crippen molar-refractivity contribution in [2.45, 2.75) is 6.42 Å². The summed E-state index contributed by atoms with van der Waals surface area (Å²) in [5.41, 5.74) is 0.479. The van der Waals surface area contributed by atoms with Crippen molar-refractivity contribution >= 4 is 35.7 Å². The molecule has 0 amide bonds.